The van der Waals surface area contributed by atoms with Crippen molar-refractivity contribution >= 4 is 23.2 Å². The number of nitro groups is 1. The van der Waals surface area contributed by atoms with E-state index in [1.165, 1.54) is 30.5 Å². The lowest BCUT2D eigenvalue weighted by Gasteiger charge is -2.15. The van der Waals surface area contributed by atoms with E-state index in [0.29, 0.717) is 5.56 Å². The minimum absolute atomic E-state index is 0.0633. The fourth-order valence-corrected chi connectivity index (χ4v) is 2.24. The van der Waals surface area contributed by atoms with E-state index >= 15 is 0 Å². The molecule has 0 unspecified atom stereocenters. The van der Waals surface area contributed by atoms with Gasteiger partial charge in [-0.2, -0.15) is 0 Å². The molecule has 0 N–H and O–H groups in total. The van der Waals surface area contributed by atoms with Gasteiger partial charge in [0.1, 0.15) is 5.69 Å². The molecule has 104 valence electrons. The van der Waals surface area contributed by atoms with Crippen LogP contribution in [0.4, 0.5) is 11.4 Å². The lowest BCUT2D eigenvalue weighted by atomic mass is 10.1. The minimum Gasteiger partial charge on any atom is -0.268 e. The SMILES string of the molecule is Cc1ccc([N+](=O)[O-])cc1N1C(=O)c2cccnc2C1=O. The summed E-state index contributed by atoms with van der Waals surface area (Å²) in [4.78, 5) is 39.8. The highest BCUT2D eigenvalue weighted by molar-refractivity contribution is 6.34. The molecule has 0 saturated carbocycles. The van der Waals surface area contributed by atoms with Crippen molar-refractivity contribution in [3.05, 3.63) is 63.5 Å². The van der Waals surface area contributed by atoms with Crippen LogP contribution < -0.4 is 4.90 Å². The number of nitro benzene ring substituents is 1. The summed E-state index contributed by atoms with van der Waals surface area (Å²) in [7, 11) is 0. The number of benzene rings is 1. The van der Waals surface area contributed by atoms with E-state index in [2.05, 4.69) is 4.98 Å². The summed E-state index contributed by atoms with van der Waals surface area (Å²) in [5.74, 6) is -1.09. The number of nitrogens with zero attached hydrogens (tertiary/aromatic N) is 3. The molecule has 0 spiro atoms. The molecule has 2 amide bonds. The number of aryl methyl sites for hydroxylation is 1. The Morgan fingerprint density at radius 3 is 2.62 bits per heavy atom. The monoisotopic (exact) mass is 283 g/mol. The van der Waals surface area contributed by atoms with Gasteiger partial charge in [0.2, 0.25) is 0 Å². The molecule has 0 atom stereocenters. The Hall–Kier alpha value is -3.09. The smallest absolute Gasteiger partial charge is 0.268 e. The molecular weight excluding hydrogens is 274 g/mol. The predicted octanol–water partition coefficient (Wildman–Crippen LogP) is 2.10. The number of hydrogen-bond acceptors (Lipinski definition) is 5. The lowest BCUT2D eigenvalue weighted by molar-refractivity contribution is -0.384. The number of aromatic nitrogens is 1. The van der Waals surface area contributed by atoms with Crippen LogP contribution in [0.25, 0.3) is 0 Å². The van der Waals surface area contributed by atoms with Crippen LogP contribution in [0, 0.1) is 17.0 Å². The summed E-state index contributed by atoms with van der Waals surface area (Å²) in [6.07, 6.45) is 1.42. The number of carbonyl (C=O) groups excluding carboxylic acids is 2. The standard InChI is InChI=1S/C14H9N3O4/c1-8-4-5-9(17(20)21)7-11(8)16-13(18)10-3-2-6-15-12(10)14(16)19/h2-7H,1H3. The number of anilines is 1. The summed E-state index contributed by atoms with van der Waals surface area (Å²) in [6.45, 7) is 1.68. The van der Waals surface area contributed by atoms with Crippen LogP contribution in [0.3, 0.4) is 0 Å². The number of pyridine rings is 1. The molecule has 7 nitrogen and oxygen atoms in total. The van der Waals surface area contributed by atoms with Crippen molar-refractivity contribution in [2.45, 2.75) is 6.92 Å². The molecule has 2 aromatic rings. The Morgan fingerprint density at radius 1 is 1.19 bits per heavy atom. The van der Waals surface area contributed by atoms with Crippen molar-refractivity contribution in [2.24, 2.45) is 0 Å². The van der Waals surface area contributed by atoms with Gasteiger partial charge in [-0.3, -0.25) is 24.7 Å². The molecule has 0 bridgehead atoms. The number of hydrogen-bond donors (Lipinski definition) is 0. The molecule has 1 aliphatic heterocycles. The van der Waals surface area contributed by atoms with E-state index in [9.17, 15) is 19.7 Å². The number of rotatable bonds is 2. The molecule has 3 rings (SSSR count). The van der Waals surface area contributed by atoms with Crippen LogP contribution in [-0.4, -0.2) is 21.7 Å². The molecule has 0 fully saturated rings. The average molecular weight is 283 g/mol. The van der Waals surface area contributed by atoms with Crippen LogP contribution in [0.2, 0.25) is 0 Å². The van der Waals surface area contributed by atoms with Gasteiger partial charge in [0.15, 0.2) is 0 Å². The summed E-state index contributed by atoms with van der Waals surface area (Å²) >= 11 is 0. The van der Waals surface area contributed by atoms with Crippen molar-refractivity contribution in [1.29, 1.82) is 0 Å². The van der Waals surface area contributed by atoms with Gasteiger partial charge in [0, 0.05) is 18.3 Å². The van der Waals surface area contributed by atoms with Crippen molar-refractivity contribution in [3.8, 4) is 0 Å². The summed E-state index contributed by atoms with van der Waals surface area (Å²) < 4.78 is 0. The van der Waals surface area contributed by atoms with Gasteiger partial charge >= 0.3 is 0 Å². The topological polar surface area (TPSA) is 93.4 Å². The first-order chi connectivity index (χ1) is 10.0. The molecular formula is C14H9N3O4. The second-order valence-electron chi connectivity index (χ2n) is 4.57. The zero-order valence-electron chi connectivity index (χ0n) is 10.9. The Morgan fingerprint density at radius 2 is 1.95 bits per heavy atom. The van der Waals surface area contributed by atoms with E-state index in [1.807, 2.05) is 0 Å². The van der Waals surface area contributed by atoms with E-state index in [-0.39, 0.29) is 22.6 Å². The van der Waals surface area contributed by atoms with Crippen molar-refractivity contribution < 1.29 is 14.5 Å². The third kappa shape index (κ3) is 1.86. The molecule has 1 aliphatic rings. The van der Waals surface area contributed by atoms with Crippen LogP contribution in [0.1, 0.15) is 26.4 Å². The maximum absolute atomic E-state index is 12.3. The fraction of sp³-hybridized carbons (Fsp3) is 0.0714. The van der Waals surface area contributed by atoms with Crippen LogP contribution in [-0.2, 0) is 0 Å². The number of amides is 2. The summed E-state index contributed by atoms with van der Waals surface area (Å²) in [5, 5.41) is 10.9. The second kappa shape index (κ2) is 4.48. The van der Waals surface area contributed by atoms with E-state index in [4.69, 9.17) is 0 Å². The first-order valence-corrected chi connectivity index (χ1v) is 6.09. The zero-order chi connectivity index (χ0) is 15.1. The van der Waals surface area contributed by atoms with Crippen molar-refractivity contribution in [2.75, 3.05) is 4.90 Å². The van der Waals surface area contributed by atoms with E-state index < -0.39 is 16.7 Å². The fourth-order valence-electron chi connectivity index (χ4n) is 2.24. The Balaban J connectivity index is 2.15. The van der Waals surface area contributed by atoms with Gasteiger partial charge in [-0.1, -0.05) is 6.07 Å². The highest BCUT2D eigenvalue weighted by atomic mass is 16.6. The summed E-state index contributed by atoms with van der Waals surface area (Å²) in [6, 6.07) is 7.12. The molecule has 0 radical (unpaired) electrons. The highest BCUT2D eigenvalue weighted by Gasteiger charge is 2.38. The predicted molar refractivity (Wildman–Crippen MR) is 73.2 cm³/mol. The second-order valence-corrected chi connectivity index (χ2v) is 4.57. The number of imide groups is 1. The Bertz CT molecular complexity index is 766. The third-order valence-corrected chi connectivity index (χ3v) is 3.29. The van der Waals surface area contributed by atoms with Crippen molar-refractivity contribution in [1.82, 2.24) is 4.98 Å². The van der Waals surface area contributed by atoms with Gasteiger partial charge < -0.3 is 0 Å². The molecule has 1 aromatic heterocycles. The summed E-state index contributed by atoms with van der Waals surface area (Å²) in [5.41, 5.74) is 0.884. The quantitative estimate of drug-likeness (QED) is 0.478. The zero-order valence-corrected chi connectivity index (χ0v) is 10.9. The molecule has 7 heteroatoms. The van der Waals surface area contributed by atoms with E-state index in [0.717, 1.165) is 4.90 Å². The van der Waals surface area contributed by atoms with Crippen molar-refractivity contribution in [3.63, 3.8) is 0 Å². The van der Waals surface area contributed by atoms with Crippen LogP contribution in [0.5, 0.6) is 0 Å². The van der Waals surface area contributed by atoms with E-state index in [1.54, 1.807) is 13.0 Å². The van der Waals surface area contributed by atoms with Gasteiger partial charge in [-0.15, -0.1) is 0 Å². The molecule has 0 saturated heterocycles. The van der Waals surface area contributed by atoms with Crippen LogP contribution in [0.15, 0.2) is 36.5 Å². The number of non-ortho nitro benzene ring substituents is 1. The molecule has 21 heavy (non-hydrogen) atoms. The number of fused-ring (bicyclic) bond motifs is 1. The first-order valence-electron chi connectivity index (χ1n) is 6.09. The Labute approximate surface area is 119 Å². The van der Waals surface area contributed by atoms with Gasteiger partial charge in [0.05, 0.1) is 16.2 Å². The third-order valence-electron chi connectivity index (χ3n) is 3.29. The van der Waals surface area contributed by atoms with Gasteiger partial charge in [-0.05, 0) is 24.6 Å². The minimum atomic E-state index is -0.570. The largest absolute Gasteiger partial charge is 0.284 e. The Kier molecular flexibility index (Phi) is 2.76. The highest BCUT2D eigenvalue weighted by Crippen LogP contribution is 2.31. The average Bonchev–Trinajstić information content (AvgIpc) is 2.72. The number of carbonyl (C=O) groups is 2. The maximum atomic E-state index is 12.3. The molecule has 2 heterocycles. The van der Waals surface area contributed by atoms with Crippen LogP contribution >= 0.6 is 0 Å². The maximum Gasteiger partial charge on any atom is 0.284 e. The van der Waals surface area contributed by atoms with Gasteiger partial charge in [-0.25, -0.2) is 4.90 Å². The molecule has 0 aliphatic carbocycles. The van der Waals surface area contributed by atoms with Gasteiger partial charge in [0.25, 0.3) is 17.5 Å². The lowest BCUT2D eigenvalue weighted by Crippen LogP contribution is -2.30. The first kappa shape index (κ1) is 12.9. The molecule has 1 aromatic carbocycles. The normalized spacial score (nSPS) is 13.5.